The minimum Gasteiger partial charge on any atom is -0.383 e. The summed E-state index contributed by atoms with van der Waals surface area (Å²) in [6.07, 6.45) is 0. The summed E-state index contributed by atoms with van der Waals surface area (Å²) in [7, 11) is 3.10. The van der Waals surface area contributed by atoms with Crippen molar-refractivity contribution in [3.05, 3.63) is 48.0 Å². The van der Waals surface area contributed by atoms with Gasteiger partial charge < -0.3 is 19.7 Å². The molecule has 0 aliphatic carbocycles. The first-order valence-electron chi connectivity index (χ1n) is 9.57. The fourth-order valence-corrected chi connectivity index (χ4v) is 3.97. The maximum Gasteiger partial charge on any atom is 0.313 e. The molecule has 0 aliphatic heterocycles. The van der Waals surface area contributed by atoms with Gasteiger partial charge in [-0.1, -0.05) is 6.07 Å². The molecule has 2 amide bonds. The number of fused-ring (bicyclic) bond motifs is 1. The minimum absolute atomic E-state index is 0.322. The van der Waals surface area contributed by atoms with Gasteiger partial charge in [-0.05, 0) is 48.9 Å². The summed E-state index contributed by atoms with van der Waals surface area (Å²) in [5.74, 6) is -1.31. The van der Waals surface area contributed by atoms with Crippen molar-refractivity contribution in [3.63, 3.8) is 0 Å². The molecule has 0 spiro atoms. The standard InChI is InChI=1S/C22H25N3O4S/c1-15-4-9-18-19(14-15)30-21(24-18)16-5-7-17(8-6-16)23-20(26)22(27)25(10-12-28-2)11-13-29-3/h4-9,14H,10-13H2,1-3H3,(H,23,26). The number of amides is 2. The zero-order valence-corrected chi connectivity index (χ0v) is 18.1. The van der Waals surface area contributed by atoms with Crippen molar-refractivity contribution in [1.82, 2.24) is 9.88 Å². The van der Waals surface area contributed by atoms with Gasteiger partial charge in [0.2, 0.25) is 0 Å². The number of carbonyl (C=O) groups is 2. The number of carbonyl (C=O) groups excluding carboxylic acids is 2. The SMILES string of the molecule is COCCN(CCOC)C(=O)C(=O)Nc1ccc(-c2nc3ccc(C)cc3s2)cc1. The molecule has 0 saturated carbocycles. The number of aryl methyl sites for hydroxylation is 1. The summed E-state index contributed by atoms with van der Waals surface area (Å²) >= 11 is 1.63. The number of hydrogen-bond acceptors (Lipinski definition) is 6. The number of nitrogens with zero attached hydrogens (tertiary/aromatic N) is 2. The van der Waals surface area contributed by atoms with E-state index >= 15 is 0 Å². The number of aromatic nitrogens is 1. The molecule has 7 nitrogen and oxygen atoms in total. The van der Waals surface area contributed by atoms with E-state index in [1.54, 1.807) is 37.7 Å². The van der Waals surface area contributed by atoms with Crippen LogP contribution in [-0.4, -0.2) is 62.2 Å². The Bertz CT molecular complexity index is 1010. The van der Waals surface area contributed by atoms with Crippen LogP contribution in [0.3, 0.4) is 0 Å². The van der Waals surface area contributed by atoms with E-state index in [1.807, 2.05) is 24.3 Å². The van der Waals surface area contributed by atoms with E-state index in [4.69, 9.17) is 9.47 Å². The van der Waals surface area contributed by atoms with Crippen molar-refractivity contribution in [1.29, 1.82) is 0 Å². The largest absolute Gasteiger partial charge is 0.383 e. The first-order chi connectivity index (χ1) is 14.5. The molecule has 30 heavy (non-hydrogen) atoms. The normalized spacial score (nSPS) is 10.9. The van der Waals surface area contributed by atoms with Gasteiger partial charge in [0.05, 0.1) is 23.4 Å². The van der Waals surface area contributed by atoms with Crippen molar-refractivity contribution < 1.29 is 19.1 Å². The molecule has 1 heterocycles. The fraction of sp³-hybridized carbons (Fsp3) is 0.318. The smallest absolute Gasteiger partial charge is 0.313 e. The number of ether oxygens (including phenoxy) is 2. The lowest BCUT2D eigenvalue weighted by Gasteiger charge is -2.21. The van der Waals surface area contributed by atoms with Crippen LogP contribution < -0.4 is 5.32 Å². The summed E-state index contributed by atoms with van der Waals surface area (Å²) < 4.78 is 11.2. The number of benzene rings is 2. The van der Waals surface area contributed by atoms with Crippen LogP contribution in [0.25, 0.3) is 20.8 Å². The molecule has 0 saturated heterocycles. The van der Waals surface area contributed by atoms with E-state index in [9.17, 15) is 9.59 Å². The summed E-state index contributed by atoms with van der Waals surface area (Å²) in [6, 6.07) is 13.5. The van der Waals surface area contributed by atoms with Crippen molar-refractivity contribution >= 4 is 39.1 Å². The van der Waals surface area contributed by atoms with Crippen LogP contribution in [0.4, 0.5) is 5.69 Å². The molecule has 8 heteroatoms. The number of methoxy groups -OCH3 is 2. The molecular weight excluding hydrogens is 402 g/mol. The third-order valence-corrected chi connectivity index (χ3v) is 5.61. The molecule has 0 unspecified atom stereocenters. The Morgan fingerprint density at radius 1 is 1.03 bits per heavy atom. The van der Waals surface area contributed by atoms with E-state index in [2.05, 4.69) is 23.3 Å². The Morgan fingerprint density at radius 3 is 2.33 bits per heavy atom. The van der Waals surface area contributed by atoms with E-state index in [0.29, 0.717) is 32.0 Å². The summed E-state index contributed by atoms with van der Waals surface area (Å²) in [6.45, 7) is 3.39. The first kappa shape index (κ1) is 21.9. The maximum atomic E-state index is 12.5. The highest BCUT2D eigenvalue weighted by Crippen LogP contribution is 2.31. The third kappa shape index (κ3) is 5.41. The second-order valence-electron chi connectivity index (χ2n) is 6.80. The summed E-state index contributed by atoms with van der Waals surface area (Å²) in [5.41, 5.74) is 3.67. The lowest BCUT2D eigenvalue weighted by molar-refractivity contribution is -0.144. The molecule has 0 atom stereocenters. The van der Waals surface area contributed by atoms with Crippen LogP contribution in [0.1, 0.15) is 5.56 Å². The van der Waals surface area contributed by atoms with Crippen LogP contribution in [-0.2, 0) is 19.1 Å². The molecule has 2 aromatic carbocycles. The molecule has 0 fully saturated rings. The van der Waals surface area contributed by atoms with E-state index in [-0.39, 0.29) is 0 Å². The van der Waals surface area contributed by atoms with Gasteiger partial charge in [-0.2, -0.15) is 0 Å². The lowest BCUT2D eigenvalue weighted by atomic mass is 10.2. The predicted octanol–water partition coefficient (Wildman–Crippen LogP) is 3.33. The van der Waals surface area contributed by atoms with Crippen molar-refractivity contribution in [2.75, 3.05) is 45.8 Å². The van der Waals surface area contributed by atoms with E-state index in [0.717, 1.165) is 20.8 Å². The quantitative estimate of drug-likeness (QED) is 0.558. The fourth-order valence-electron chi connectivity index (χ4n) is 2.90. The average Bonchev–Trinajstić information content (AvgIpc) is 3.17. The Hall–Kier alpha value is -2.81. The molecule has 0 bridgehead atoms. The number of rotatable bonds is 8. The second kappa shape index (κ2) is 10.3. The molecular formula is C22H25N3O4S. The van der Waals surface area contributed by atoms with Crippen molar-refractivity contribution in [3.8, 4) is 10.6 Å². The third-order valence-electron chi connectivity index (χ3n) is 4.55. The van der Waals surface area contributed by atoms with Gasteiger partial charge in [0.25, 0.3) is 0 Å². The molecule has 1 N–H and O–H groups in total. The molecule has 3 rings (SSSR count). The van der Waals surface area contributed by atoms with Gasteiger partial charge in [-0.15, -0.1) is 11.3 Å². The summed E-state index contributed by atoms with van der Waals surface area (Å²) in [4.78, 5) is 30.9. The number of thiazole rings is 1. The highest BCUT2D eigenvalue weighted by Gasteiger charge is 2.21. The zero-order chi connectivity index (χ0) is 21.5. The van der Waals surface area contributed by atoms with Crippen LogP contribution in [0.2, 0.25) is 0 Å². The topological polar surface area (TPSA) is 80.8 Å². The second-order valence-corrected chi connectivity index (χ2v) is 7.83. The molecule has 0 aliphatic rings. The molecule has 158 valence electrons. The highest BCUT2D eigenvalue weighted by molar-refractivity contribution is 7.21. The van der Waals surface area contributed by atoms with Gasteiger partial charge in [-0.25, -0.2) is 4.98 Å². The van der Waals surface area contributed by atoms with Gasteiger partial charge in [0.15, 0.2) is 0 Å². The Labute approximate surface area is 179 Å². The lowest BCUT2D eigenvalue weighted by Crippen LogP contribution is -2.43. The van der Waals surface area contributed by atoms with Gasteiger partial charge in [0.1, 0.15) is 5.01 Å². The van der Waals surface area contributed by atoms with Crippen LogP contribution >= 0.6 is 11.3 Å². The van der Waals surface area contributed by atoms with Crippen LogP contribution in [0, 0.1) is 6.92 Å². The van der Waals surface area contributed by atoms with Gasteiger partial charge in [0, 0.05) is 38.6 Å². The van der Waals surface area contributed by atoms with Crippen molar-refractivity contribution in [2.24, 2.45) is 0 Å². The average molecular weight is 428 g/mol. The van der Waals surface area contributed by atoms with Gasteiger partial charge >= 0.3 is 11.8 Å². The Morgan fingerprint density at radius 2 is 1.70 bits per heavy atom. The maximum absolute atomic E-state index is 12.5. The van der Waals surface area contributed by atoms with Gasteiger partial charge in [-0.3, -0.25) is 9.59 Å². The number of hydrogen-bond donors (Lipinski definition) is 1. The van der Waals surface area contributed by atoms with Crippen LogP contribution in [0.5, 0.6) is 0 Å². The van der Waals surface area contributed by atoms with Crippen molar-refractivity contribution in [2.45, 2.75) is 6.92 Å². The van der Waals surface area contributed by atoms with Crippen LogP contribution in [0.15, 0.2) is 42.5 Å². The van der Waals surface area contributed by atoms with E-state index < -0.39 is 11.8 Å². The monoisotopic (exact) mass is 427 g/mol. The number of anilines is 1. The van der Waals surface area contributed by atoms with E-state index in [1.165, 1.54) is 10.5 Å². The highest BCUT2D eigenvalue weighted by atomic mass is 32.1. The molecule has 0 radical (unpaired) electrons. The minimum atomic E-state index is -0.689. The molecule has 1 aromatic heterocycles. The summed E-state index contributed by atoms with van der Waals surface area (Å²) in [5, 5.41) is 3.57. The Kier molecular flexibility index (Phi) is 7.51. The zero-order valence-electron chi connectivity index (χ0n) is 17.3. The number of nitrogens with one attached hydrogen (secondary N) is 1. The predicted molar refractivity (Wildman–Crippen MR) is 119 cm³/mol. The Balaban J connectivity index is 1.67. The molecule has 3 aromatic rings. The first-order valence-corrected chi connectivity index (χ1v) is 10.4.